The first-order valence-electron chi connectivity index (χ1n) is 8.34. The molecule has 0 saturated heterocycles. The fourth-order valence-corrected chi connectivity index (χ4v) is 3.46. The number of carbonyl (C=O) groups excluding carboxylic acids is 1. The Balaban J connectivity index is 1.96. The molecule has 1 aliphatic rings. The van der Waals surface area contributed by atoms with Crippen LogP contribution in [0.2, 0.25) is 5.02 Å². The van der Waals surface area contributed by atoms with E-state index in [2.05, 4.69) is 5.32 Å². The molecule has 0 amide bonds. The van der Waals surface area contributed by atoms with Crippen LogP contribution in [-0.4, -0.2) is 10.7 Å². The number of ketones is 1. The number of benzene rings is 2. The molecule has 3 rings (SSSR count). The summed E-state index contributed by atoms with van der Waals surface area (Å²) in [6, 6.07) is 13.5. The number of hydrogen-bond acceptors (Lipinski definition) is 4. The predicted octanol–water partition coefficient (Wildman–Crippen LogP) is 5.16. The van der Waals surface area contributed by atoms with Crippen molar-refractivity contribution in [2.45, 2.75) is 31.7 Å². The lowest BCUT2D eigenvalue weighted by Crippen LogP contribution is -2.30. The third-order valence-corrected chi connectivity index (χ3v) is 4.86. The number of anilines is 1. The van der Waals surface area contributed by atoms with Crippen LogP contribution in [0.3, 0.4) is 0 Å². The van der Waals surface area contributed by atoms with Crippen molar-refractivity contribution in [3.8, 4) is 0 Å². The molecule has 0 aliphatic heterocycles. The Bertz CT molecular complexity index is 776. The van der Waals surface area contributed by atoms with E-state index in [1.807, 2.05) is 18.2 Å². The third kappa shape index (κ3) is 4.17. The minimum Gasteiger partial charge on any atom is -0.377 e. The van der Waals surface area contributed by atoms with E-state index < -0.39 is 4.92 Å². The zero-order chi connectivity index (χ0) is 17.8. The summed E-state index contributed by atoms with van der Waals surface area (Å²) in [5.41, 5.74) is 1.62. The maximum Gasteiger partial charge on any atom is 0.269 e. The molecule has 1 N–H and O–H groups in total. The molecular weight excluding hydrogens is 340 g/mol. The van der Waals surface area contributed by atoms with Gasteiger partial charge < -0.3 is 5.32 Å². The second-order valence-corrected chi connectivity index (χ2v) is 6.74. The first kappa shape index (κ1) is 17.4. The lowest BCUT2D eigenvalue weighted by Gasteiger charge is -2.31. The average Bonchev–Trinajstić information content (AvgIpc) is 2.62. The molecule has 130 valence electrons. The van der Waals surface area contributed by atoms with Crippen molar-refractivity contribution in [1.29, 1.82) is 0 Å². The second kappa shape index (κ2) is 7.66. The van der Waals surface area contributed by atoms with Crippen LogP contribution in [0.5, 0.6) is 0 Å². The Morgan fingerprint density at radius 2 is 1.92 bits per heavy atom. The summed E-state index contributed by atoms with van der Waals surface area (Å²) in [4.78, 5) is 23.2. The van der Waals surface area contributed by atoms with Crippen molar-refractivity contribution in [3.63, 3.8) is 0 Å². The SMILES string of the molecule is O=C1CCCC[C@@H]1[C@H](Nc1ccc(Cl)cc1)c1cccc([N+](=O)[O-])c1. The molecular formula is C19H19ClN2O3. The van der Waals surface area contributed by atoms with Gasteiger partial charge in [-0.2, -0.15) is 0 Å². The number of hydrogen-bond donors (Lipinski definition) is 1. The Hall–Kier alpha value is -2.40. The summed E-state index contributed by atoms with van der Waals surface area (Å²) in [7, 11) is 0. The average molecular weight is 359 g/mol. The van der Waals surface area contributed by atoms with Crippen LogP contribution < -0.4 is 5.32 Å². The molecule has 0 bridgehead atoms. The lowest BCUT2D eigenvalue weighted by molar-refractivity contribution is -0.384. The molecule has 25 heavy (non-hydrogen) atoms. The fourth-order valence-electron chi connectivity index (χ4n) is 3.34. The maximum atomic E-state index is 12.5. The Labute approximate surface area is 151 Å². The van der Waals surface area contributed by atoms with E-state index >= 15 is 0 Å². The first-order valence-corrected chi connectivity index (χ1v) is 8.71. The number of Topliss-reactive ketones (excluding diaryl/α,β-unsaturated/α-hetero) is 1. The molecule has 2 atom stereocenters. The molecule has 0 heterocycles. The second-order valence-electron chi connectivity index (χ2n) is 6.30. The van der Waals surface area contributed by atoms with Crippen LogP contribution in [0.25, 0.3) is 0 Å². The number of halogens is 1. The van der Waals surface area contributed by atoms with Gasteiger partial charge in [-0.3, -0.25) is 14.9 Å². The third-order valence-electron chi connectivity index (χ3n) is 4.61. The minimum atomic E-state index is -0.411. The predicted molar refractivity (Wildman–Crippen MR) is 97.9 cm³/mol. The van der Waals surface area contributed by atoms with Crippen LogP contribution in [-0.2, 0) is 4.79 Å². The van der Waals surface area contributed by atoms with Gasteiger partial charge in [0.2, 0.25) is 0 Å². The normalized spacial score (nSPS) is 18.6. The Morgan fingerprint density at radius 3 is 2.60 bits per heavy atom. The molecule has 0 unspecified atom stereocenters. The summed E-state index contributed by atoms with van der Waals surface area (Å²) in [5.74, 6) is 0.0238. The van der Waals surface area contributed by atoms with Gasteiger partial charge in [0, 0.05) is 35.2 Å². The van der Waals surface area contributed by atoms with Crippen LogP contribution in [0.1, 0.15) is 37.3 Å². The maximum absolute atomic E-state index is 12.5. The lowest BCUT2D eigenvalue weighted by atomic mass is 9.80. The molecule has 2 aromatic carbocycles. The molecule has 6 heteroatoms. The zero-order valence-corrected chi connectivity index (χ0v) is 14.4. The summed E-state index contributed by atoms with van der Waals surface area (Å²) in [6.07, 6.45) is 3.26. The quantitative estimate of drug-likeness (QED) is 0.591. The Kier molecular flexibility index (Phi) is 5.34. The van der Waals surface area contributed by atoms with Gasteiger partial charge in [0.1, 0.15) is 5.78 Å². The number of nitrogens with one attached hydrogen (secondary N) is 1. The molecule has 2 aromatic rings. The number of nitrogens with zero attached hydrogens (tertiary/aromatic N) is 1. The summed E-state index contributed by atoms with van der Waals surface area (Å²) < 4.78 is 0. The summed E-state index contributed by atoms with van der Waals surface area (Å²) in [5, 5.41) is 15.1. The number of non-ortho nitro benzene ring substituents is 1. The summed E-state index contributed by atoms with van der Waals surface area (Å²) in [6.45, 7) is 0. The highest BCUT2D eigenvalue weighted by molar-refractivity contribution is 6.30. The van der Waals surface area contributed by atoms with Gasteiger partial charge in [0.25, 0.3) is 5.69 Å². The van der Waals surface area contributed by atoms with E-state index in [1.54, 1.807) is 24.3 Å². The van der Waals surface area contributed by atoms with E-state index in [4.69, 9.17) is 11.6 Å². The van der Waals surface area contributed by atoms with E-state index in [1.165, 1.54) is 6.07 Å². The highest BCUT2D eigenvalue weighted by Gasteiger charge is 2.32. The highest BCUT2D eigenvalue weighted by atomic mass is 35.5. The van der Waals surface area contributed by atoms with Gasteiger partial charge in [-0.1, -0.05) is 30.2 Å². The largest absolute Gasteiger partial charge is 0.377 e. The highest BCUT2D eigenvalue weighted by Crippen LogP contribution is 2.36. The van der Waals surface area contributed by atoms with E-state index in [0.717, 1.165) is 30.5 Å². The molecule has 1 saturated carbocycles. The van der Waals surface area contributed by atoms with E-state index in [-0.39, 0.29) is 23.4 Å². The van der Waals surface area contributed by atoms with Crippen molar-refractivity contribution in [2.75, 3.05) is 5.32 Å². The van der Waals surface area contributed by atoms with Gasteiger partial charge in [-0.05, 0) is 42.7 Å². The smallest absolute Gasteiger partial charge is 0.269 e. The van der Waals surface area contributed by atoms with Crippen molar-refractivity contribution >= 4 is 28.8 Å². The van der Waals surface area contributed by atoms with Crippen molar-refractivity contribution in [1.82, 2.24) is 0 Å². The number of rotatable bonds is 5. The number of nitro benzene ring substituents is 1. The van der Waals surface area contributed by atoms with E-state index in [9.17, 15) is 14.9 Å². The number of nitro groups is 1. The molecule has 1 fully saturated rings. The standard InChI is InChI=1S/C19H19ClN2O3/c20-14-8-10-15(11-9-14)21-19(17-6-1-2-7-18(17)23)13-4-3-5-16(12-13)22(24)25/h3-5,8-12,17,19,21H,1-2,6-7H2/t17-,19+/m0/s1. The van der Waals surface area contributed by atoms with Gasteiger partial charge in [-0.25, -0.2) is 0 Å². The van der Waals surface area contributed by atoms with Crippen LogP contribution in [0, 0.1) is 16.0 Å². The molecule has 1 aliphatic carbocycles. The van der Waals surface area contributed by atoms with Gasteiger partial charge in [-0.15, -0.1) is 0 Å². The van der Waals surface area contributed by atoms with Gasteiger partial charge in [0.15, 0.2) is 0 Å². The topological polar surface area (TPSA) is 72.2 Å². The zero-order valence-electron chi connectivity index (χ0n) is 13.7. The van der Waals surface area contributed by atoms with Crippen LogP contribution in [0.15, 0.2) is 48.5 Å². The van der Waals surface area contributed by atoms with Gasteiger partial charge >= 0.3 is 0 Å². The van der Waals surface area contributed by atoms with Crippen molar-refractivity contribution in [3.05, 3.63) is 69.2 Å². The molecule has 0 aromatic heterocycles. The van der Waals surface area contributed by atoms with Gasteiger partial charge in [0.05, 0.1) is 11.0 Å². The fraction of sp³-hybridized carbons (Fsp3) is 0.316. The van der Waals surface area contributed by atoms with Crippen molar-refractivity contribution in [2.24, 2.45) is 5.92 Å². The van der Waals surface area contributed by atoms with Crippen molar-refractivity contribution < 1.29 is 9.72 Å². The minimum absolute atomic E-state index is 0.0312. The molecule has 0 radical (unpaired) electrons. The monoisotopic (exact) mass is 358 g/mol. The summed E-state index contributed by atoms with van der Waals surface area (Å²) >= 11 is 5.94. The van der Waals surface area contributed by atoms with Crippen LogP contribution in [0.4, 0.5) is 11.4 Å². The number of carbonyl (C=O) groups is 1. The Morgan fingerprint density at radius 1 is 1.16 bits per heavy atom. The van der Waals surface area contributed by atoms with E-state index in [0.29, 0.717) is 11.4 Å². The van der Waals surface area contributed by atoms with Crippen LogP contribution >= 0.6 is 11.6 Å². The molecule has 0 spiro atoms. The first-order chi connectivity index (χ1) is 12.0. The molecule has 5 nitrogen and oxygen atoms in total.